The Morgan fingerprint density at radius 2 is 2.00 bits per heavy atom. The van der Waals surface area contributed by atoms with Gasteiger partial charge in [-0.25, -0.2) is 4.98 Å². The zero-order valence-corrected chi connectivity index (χ0v) is 14.6. The Morgan fingerprint density at radius 1 is 1.13 bits per heavy atom. The Morgan fingerprint density at radius 3 is 2.83 bits per heavy atom. The van der Waals surface area contributed by atoms with Crippen LogP contribution >= 0.6 is 22.9 Å². The number of benzene rings is 2. The van der Waals surface area contributed by atoms with Crippen molar-refractivity contribution in [1.82, 2.24) is 10.3 Å². The van der Waals surface area contributed by atoms with E-state index in [0.29, 0.717) is 0 Å². The summed E-state index contributed by atoms with van der Waals surface area (Å²) in [6.07, 6.45) is 2.93. The lowest BCUT2D eigenvalue weighted by molar-refractivity contribution is 0.684. The number of halogens is 1. The summed E-state index contributed by atoms with van der Waals surface area (Å²) in [6, 6.07) is 16.6. The first-order valence-corrected chi connectivity index (χ1v) is 8.87. The molecule has 23 heavy (non-hydrogen) atoms. The van der Waals surface area contributed by atoms with Crippen molar-refractivity contribution < 1.29 is 0 Å². The maximum Gasteiger partial charge on any atom is 0.107 e. The second kappa shape index (κ2) is 7.73. The second-order valence-electron chi connectivity index (χ2n) is 5.54. The minimum Gasteiger partial charge on any atom is -0.310 e. The van der Waals surface area contributed by atoms with Crippen LogP contribution in [0.3, 0.4) is 0 Å². The number of aryl methyl sites for hydroxylation is 1. The van der Waals surface area contributed by atoms with Gasteiger partial charge in [-0.1, -0.05) is 53.6 Å². The van der Waals surface area contributed by atoms with Crippen LogP contribution in [0.4, 0.5) is 0 Å². The largest absolute Gasteiger partial charge is 0.310 e. The molecule has 2 nitrogen and oxygen atoms in total. The van der Waals surface area contributed by atoms with Gasteiger partial charge in [0, 0.05) is 17.8 Å². The normalized spacial score (nSPS) is 10.9. The topological polar surface area (TPSA) is 24.9 Å². The molecule has 0 saturated carbocycles. The van der Waals surface area contributed by atoms with Gasteiger partial charge in [0.2, 0.25) is 0 Å². The molecule has 0 atom stereocenters. The number of hydrogen-bond donors (Lipinski definition) is 1. The average molecular weight is 343 g/mol. The third kappa shape index (κ3) is 4.64. The minimum atomic E-state index is 0.796. The Kier molecular flexibility index (Phi) is 5.44. The lowest BCUT2D eigenvalue weighted by Gasteiger charge is -2.03. The second-order valence-corrected chi connectivity index (χ2v) is 7.10. The average Bonchev–Trinajstić information content (AvgIpc) is 3.01. The summed E-state index contributed by atoms with van der Waals surface area (Å²) in [5.41, 5.74) is 3.77. The van der Waals surface area contributed by atoms with E-state index in [9.17, 15) is 0 Å². The molecule has 4 heteroatoms. The zero-order valence-electron chi connectivity index (χ0n) is 13.1. The predicted molar refractivity (Wildman–Crippen MR) is 99.1 cm³/mol. The van der Waals surface area contributed by atoms with Crippen molar-refractivity contribution in [2.24, 2.45) is 0 Å². The van der Waals surface area contributed by atoms with Crippen LogP contribution in [0.25, 0.3) is 10.4 Å². The maximum atomic E-state index is 6.00. The first-order valence-electron chi connectivity index (χ1n) is 7.67. The van der Waals surface area contributed by atoms with E-state index in [-0.39, 0.29) is 0 Å². The van der Waals surface area contributed by atoms with Gasteiger partial charge in [-0.05, 0) is 43.1 Å². The number of thiazole rings is 1. The summed E-state index contributed by atoms with van der Waals surface area (Å²) >= 11 is 7.75. The molecule has 0 radical (unpaired) electrons. The number of nitrogens with zero attached hydrogens (tertiary/aromatic N) is 1. The maximum absolute atomic E-state index is 6.00. The fourth-order valence-electron chi connectivity index (χ4n) is 2.44. The molecule has 0 fully saturated rings. The van der Waals surface area contributed by atoms with Gasteiger partial charge in [-0.2, -0.15) is 0 Å². The van der Waals surface area contributed by atoms with Crippen molar-refractivity contribution in [3.63, 3.8) is 0 Å². The van der Waals surface area contributed by atoms with Crippen molar-refractivity contribution in [2.75, 3.05) is 6.54 Å². The summed E-state index contributed by atoms with van der Waals surface area (Å²) in [7, 11) is 0. The molecule has 3 aromatic rings. The molecule has 0 aliphatic carbocycles. The van der Waals surface area contributed by atoms with Crippen LogP contribution in [0.5, 0.6) is 0 Å². The van der Waals surface area contributed by atoms with E-state index >= 15 is 0 Å². The van der Waals surface area contributed by atoms with E-state index in [4.69, 9.17) is 11.6 Å². The van der Waals surface area contributed by atoms with E-state index in [1.54, 1.807) is 11.3 Å². The third-order valence-corrected chi connectivity index (χ3v) is 4.89. The fourth-order valence-corrected chi connectivity index (χ4v) is 3.54. The Bertz CT molecular complexity index is 782. The molecule has 1 aromatic heterocycles. The van der Waals surface area contributed by atoms with Crippen LogP contribution in [0.1, 0.15) is 16.1 Å². The van der Waals surface area contributed by atoms with Gasteiger partial charge in [0.1, 0.15) is 5.01 Å². The van der Waals surface area contributed by atoms with Crippen LogP contribution in [0, 0.1) is 6.92 Å². The molecule has 0 bridgehead atoms. The van der Waals surface area contributed by atoms with E-state index in [2.05, 4.69) is 47.6 Å². The summed E-state index contributed by atoms with van der Waals surface area (Å²) in [5.74, 6) is 0. The van der Waals surface area contributed by atoms with Crippen LogP contribution in [-0.4, -0.2) is 11.5 Å². The molecule has 1 N–H and O–H groups in total. The smallest absolute Gasteiger partial charge is 0.107 e. The molecular formula is C19H19ClN2S. The monoisotopic (exact) mass is 342 g/mol. The molecule has 1 heterocycles. The van der Waals surface area contributed by atoms with E-state index in [1.165, 1.54) is 21.6 Å². The van der Waals surface area contributed by atoms with Gasteiger partial charge in [-0.15, -0.1) is 11.3 Å². The molecule has 118 valence electrons. The third-order valence-electron chi connectivity index (χ3n) is 3.61. The van der Waals surface area contributed by atoms with Crippen molar-refractivity contribution in [1.29, 1.82) is 0 Å². The number of aromatic nitrogens is 1. The predicted octanol–water partition coefficient (Wildman–Crippen LogP) is 5.10. The molecule has 0 spiro atoms. The van der Waals surface area contributed by atoms with Crippen LogP contribution in [0.15, 0.2) is 54.7 Å². The molecule has 0 aliphatic heterocycles. The Balaban J connectivity index is 1.51. The number of rotatable bonds is 6. The fraction of sp³-hybridized carbons (Fsp3) is 0.211. The zero-order chi connectivity index (χ0) is 16.1. The lowest BCUT2D eigenvalue weighted by Crippen LogP contribution is -2.16. The highest BCUT2D eigenvalue weighted by Gasteiger charge is 2.04. The number of hydrogen-bond acceptors (Lipinski definition) is 3. The summed E-state index contributed by atoms with van der Waals surface area (Å²) < 4.78 is 0. The minimum absolute atomic E-state index is 0.796. The highest BCUT2D eigenvalue weighted by atomic mass is 35.5. The van der Waals surface area contributed by atoms with Gasteiger partial charge in [0.25, 0.3) is 0 Å². The first-order chi connectivity index (χ1) is 11.2. The number of nitrogens with one attached hydrogen (secondary N) is 1. The quantitative estimate of drug-likeness (QED) is 0.630. The van der Waals surface area contributed by atoms with Crippen LogP contribution < -0.4 is 5.32 Å². The van der Waals surface area contributed by atoms with Gasteiger partial charge >= 0.3 is 0 Å². The SMILES string of the molecule is Cc1cccc(-c2cnc(CNCCc3cccc(Cl)c3)s2)c1. The van der Waals surface area contributed by atoms with Crippen molar-refractivity contribution >= 4 is 22.9 Å². The standard InChI is InChI=1S/C19H19ClN2S/c1-14-4-2-6-16(10-14)18-12-22-19(23-18)13-21-9-8-15-5-3-7-17(20)11-15/h2-7,10-12,21H,8-9,13H2,1H3. The molecule has 0 unspecified atom stereocenters. The van der Waals surface area contributed by atoms with Gasteiger partial charge in [0.15, 0.2) is 0 Å². The van der Waals surface area contributed by atoms with Gasteiger partial charge in [-0.3, -0.25) is 0 Å². The van der Waals surface area contributed by atoms with E-state index < -0.39 is 0 Å². The summed E-state index contributed by atoms with van der Waals surface area (Å²) in [4.78, 5) is 5.74. The molecule has 2 aromatic carbocycles. The molecule has 0 saturated heterocycles. The molecule has 3 rings (SSSR count). The van der Waals surface area contributed by atoms with Crippen molar-refractivity contribution in [3.05, 3.63) is 75.9 Å². The van der Waals surface area contributed by atoms with Gasteiger partial charge in [0.05, 0.1) is 4.88 Å². The highest BCUT2D eigenvalue weighted by Crippen LogP contribution is 2.26. The van der Waals surface area contributed by atoms with Crippen molar-refractivity contribution in [2.45, 2.75) is 19.9 Å². The molecule has 0 amide bonds. The van der Waals surface area contributed by atoms with E-state index in [0.717, 1.165) is 29.5 Å². The summed E-state index contributed by atoms with van der Waals surface area (Å²) in [5, 5.41) is 5.37. The molecule has 0 aliphatic rings. The lowest BCUT2D eigenvalue weighted by atomic mass is 10.1. The Hall–Kier alpha value is -1.68. The molecular weight excluding hydrogens is 324 g/mol. The Labute approximate surface area is 146 Å². The van der Waals surface area contributed by atoms with Crippen LogP contribution in [-0.2, 0) is 13.0 Å². The summed E-state index contributed by atoms with van der Waals surface area (Å²) in [6.45, 7) is 3.83. The van der Waals surface area contributed by atoms with E-state index in [1.807, 2.05) is 24.4 Å². The first kappa shape index (κ1) is 16.2. The van der Waals surface area contributed by atoms with Gasteiger partial charge < -0.3 is 5.32 Å². The van der Waals surface area contributed by atoms with Crippen LogP contribution in [0.2, 0.25) is 5.02 Å². The highest BCUT2D eigenvalue weighted by molar-refractivity contribution is 7.15. The van der Waals surface area contributed by atoms with Crippen molar-refractivity contribution in [3.8, 4) is 10.4 Å².